The second kappa shape index (κ2) is 5.55. The van der Waals surface area contributed by atoms with Crippen LogP contribution in [0.15, 0.2) is 18.3 Å². The van der Waals surface area contributed by atoms with Crippen LogP contribution in [0.3, 0.4) is 0 Å². The molecule has 0 aliphatic rings. The van der Waals surface area contributed by atoms with E-state index < -0.39 is 4.92 Å². The molecular weight excluding hydrogens is 260 g/mol. The molecule has 106 valence electrons. The average molecular weight is 276 g/mol. The van der Waals surface area contributed by atoms with Gasteiger partial charge in [0.1, 0.15) is 11.6 Å². The van der Waals surface area contributed by atoms with E-state index in [-0.39, 0.29) is 5.69 Å². The first kappa shape index (κ1) is 13.8. The third-order valence-electron chi connectivity index (χ3n) is 3.07. The number of aryl methyl sites for hydroxylation is 1. The maximum atomic E-state index is 10.9. The Bertz CT molecular complexity index is 637. The summed E-state index contributed by atoms with van der Waals surface area (Å²) < 4.78 is 1.77. The second-order valence-corrected chi connectivity index (χ2v) is 4.34. The molecule has 2 N–H and O–H groups in total. The topological polar surface area (TPSA) is 97.9 Å². The van der Waals surface area contributed by atoms with Crippen LogP contribution in [0.1, 0.15) is 11.3 Å². The third kappa shape index (κ3) is 2.85. The minimum absolute atomic E-state index is 0.00485. The molecule has 0 unspecified atom stereocenters. The van der Waals surface area contributed by atoms with Crippen molar-refractivity contribution in [1.29, 1.82) is 0 Å². The lowest BCUT2D eigenvalue weighted by molar-refractivity contribution is -0.384. The Morgan fingerprint density at radius 3 is 2.65 bits per heavy atom. The van der Waals surface area contributed by atoms with Gasteiger partial charge in [-0.1, -0.05) is 0 Å². The van der Waals surface area contributed by atoms with Crippen molar-refractivity contribution in [2.75, 3.05) is 17.7 Å². The van der Waals surface area contributed by atoms with Crippen molar-refractivity contribution in [2.45, 2.75) is 13.5 Å². The van der Waals surface area contributed by atoms with Crippen molar-refractivity contribution in [2.24, 2.45) is 7.05 Å². The van der Waals surface area contributed by atoms with E-state index in [1.165, 1.54) is 12.1 Å². The summed E-state index contributed by atoms with van der Waals surface area (Å²) in [6, 6.07) is 2.80. The van der Waals surface area contributed by atoms with E-state index in [0.717, 1.165) is 11.3 Å². The van der Waals surface area contributed by atoms with Crippen molar-refractivity contribution in [1.82, 2.24) is 14.8 Å². The van der Waals surface area contributed by atoms with Gasteiger partial charge in [-0.3, -0.25) is 14.8 Å². The van der Waals surface area contributed by atoms with Crippen LogP contribution in [0, 0.1) is 17.0 Å². The van der Waals surface area contributed by atoms with Gasteiger partial charge in [0.25, 0.3) is 5.69 Å². The Kier molecular flexibility index (Phi) is 3.83. The predicted molar refractivity (Wildman–Crippen MR) is 75.7 cm³/mol. The monoisotopic (exact) mass is 276 g/mol. The molecule has 0 atom stereocenters. The fourth-order valence-corrected chi connectivity index (χ4v) is 1.74. The predicted octanol–water partition coefficient (Wildman–Crippen LogP) is 1.69. The summed E-state index contributed by atoms with van der Waals surface area (Å²) in [4.78, 5) is 14.7. The van der Waals surface area contributed by atoms with Gasteiger partial charge < -0.3 is 10.6 Å². The lowest BCUT2D eigenvalue weighted by Gasteiger charge is -2.07. The summed E-state index contributed by atoms with van der Waals surface area (Å²) >= 11 is 0. The van der Waals surface area contributed by atoms with Gasteiger partial charge in [0, 0.05) is 31.9 Å². The van der Waals surface area contributed by atoms with Crippen LogP contribution in [0.2, 0.25) is 0 Å². The zero-order chi connectivity index (χ0) is 14.7. The lowest BCUT2D eigenvalue weighted by atomic mass is 10.2. The molecule has 0 fully saturated rings. The fraction of sp³-hybridized carbons (Fsp3) is 0.333. The molecule has 0 amide bonds. The number of anilines is 2. The van der Waals surface area contributed by atoms with Crippen LogP contribution in [0.25, 0.3) is 0 Å². The van der Waals surface area contributed by atoms with E-state index in [0.29, 0.717) is 18.2 Å². The highest BCUT2D eigenvalue weighted by Gasteiger charge is 2.11. The molecule has 0 saturated carbocycles. The van der Waals surface area contributed by atoms with Crippen molar-refractivity contribution in [3.8, 4) is 0 Å². The molecule has 0 spiro atoms. The maximum Gasteiger partial charge on any atom is 0.276 e. The van der Waals surface area contributed by atoms with Crippen LogP contribution in [-0.2, 0) is 13.6 Å². The molecule has 2 heterocycles. The molecular formula is C12H16N6O2. The number of pyridine rings is 1. The van der Waals surface area contributed by atoms with E-state index in [1.54, 1.807) is 17.9 Å². The normalized spacial score (nSPS) is 10.3. The first-order chi connectivity index (χ1) is 9.51. The molecule has 2 rings (SSSR count). The number of nitrogens with zero attached hydrogens (tertiary/aromatic N) is 4. The van der Waals surface area contributed by atoms with Crippen LogP contribution < -0.4 is 10.6 Å². The molecule has 20 heavy (non-hydrogen) atoms. The molecule has 0 radical (unpaired) electrons. The largest absolute Gasteiger partial charge is 0.373 e. The Morgan fingerprint density at radius 2 is 2.10 bits per heavy atom. The number of nitro groups is 1. The van der Waals surface area contributed by atoms with E-state index in [9.17, 15) is 10.1 Å². The van der Waals surface area contributed by atoms with E-state index in [2.05, 4.69) is 20.7 Å². The molecule has 8 nitrogen and oxygen atoms in total. The Hall–Kier alpha value is -2.64. The van der Waals surface area contributed by atoms with Gasteiger partial charge in [0.2, 0.25) is 0 Å². The number of aromatic nitrogens is 3. The number of rotatable bonds is 5. The lowest BCUT2D eigenvalue weighted by Crippen LogP contribution is -2.05. The second-order valence-electron chi connectivity index (χ2n) is 4.34. The minimum atomic E-state index is -0.441. The maximum absolute atomic E-state index is 10.9. The molecule has 0 saturated heterocycles. The summed E-state index contributed by atoms with van der Waals surface area (Å²) in [6.07, 6.45) is 1.76. The quantitative estimate of drug-likeness (QED) is 0.637. The summed E-state index contributed by atoms with van der Waals surface area (Å²) in [5, 5.41) is 20.9. The van der Waals surface area contributed by atoms with Gasteiger partial charge in [-0.2, -0.15) is 5.10 Å². The smallest absolute Gasteiger partial charge is 0.276 e. The molecule has 0 aliphatic carbocycles. The first-order valence-corrected chi connectivity index (χ1v) is 6.07. The molecule has 2 aromatic rings. The Balaban J connectivity index is 2.18. The summed E-state index contributed by atoms with van der Waals surface area (Å²) in [6.45, 7) is 2.47. The van der Waals surface area contributed by atoms with Crippen LogP contribution >= 0.6 is 0 Å². The SMILES string of the molecule is CNc1cc([N+](=O)[O-])cc(NCc2cnn(C)c2C)n1. The average Bonchev–Trinajstić information content (AvgIpc) is 2.76. The van der Waals surface area contributed by atoms with Gasteiger partial charge in [-0.25, -0.2) is 4.98 Å². The third-order valence-corrected chi connectivity index (χ3v) is 3.07. The summed E-state index contributed by atoms with van der Waals surface area (Å²) in [5.41, 5.74) is 2.05. The Morgan fingerprint density at radius 1 is 1.40 bits per heavy atom. The van der Waals surface area contributed by atoms with Crippen LogP contribution in [0.5, 0.6) is 0 Å². The molecule has 8 heteroatoms. The van der Waals surface area contributed by atoms with Gasteiger partial charge in [0.05, 0.1) is 23.3 Å². The minimum Gasteiger partial charge on any atom is -0.373 e. The van der Waals surface area contributed by atoms with Gasteiger partial charge >= 0.3 is 0 Å². The van der Waals surface area contributed by atoms with E-state index in [1.807, 2.05) is 14.0 Å². The van der Waals surface area contributed by atoms with E-state index >= 15 is 0 Å². The molecule has 0 aromatic carbocycles. The highest BCUT2D eigenvalue weighted by molar-refractivity contribution is 5.54. The Labute approximate surface area is 116 Å². The first-order valence-electron chi connectivity index (χ1n) is 6.07. The fourth-order valence-electron chi connectivity index (χ4n) is 1.74. The van der Waals surface area contributed by atoms with Crippen molar-refractivity contribution in [3.05, 3.63) is 39.7 Å². The van der Waals surface area contributed by atoms with Crippen molar-refractivity contribution >= 4 is 17.3 Å². The zero-order valence-corrected chi connectivity index (χ0v) is 11.5. The highest BCUT2D eigenvalue weighted by Crippen LogP contribution is 2.21. The van der Waals surface area contributed by atoms with Gasteiger partial charge in [-0.05, 0) is 6.92 Å². The molecule has 2 aromatic heterocycles. The zero-order valence-electron chi connectivity index (χ0n) is 11.5. The standard InChI is InChI=1S/C12H16N6O2/c1-8-9(7-15-17(8)3)6-14-12-5-10(18(19)20)4-11(13-2)16-12/h4-5,7H,6H2,1-3H3,(H2,13,14,16). The van der Waals surface area contributed by atoms with Crippen molar-refractivity contribution < 1.29 is 4.92 Å². The number of hydrogen-bond acceptors (Lipinski definition) is 6. The van der Waals surface area contributed by atoms with E-state index in [4.69, 9.17) is 0 Å². The molecule has 0 aliphatic heterocycles. The van der Waals surface area contributed by atoms with Crippen LogP contribution in [0.4, 0.5) is 17.3 Å². The number of hydrogen-bond donors (Lipinski definition) is 2. The van der Waals surface area contributed by atoms with Crippen molar-refractivity contribution in [3.63, 3.8) is 0 Å². The summed E-state index contributed by atoms with van der Waals surface area (Å²) in [7, 11) is 3.53. The highest BCUT2D eigenvalue weighted by atomic mass is 16.6. The van der Waals surface area contributed by atoms with Gasteiger partial charge in [0.15, 0.2) is 0 Å². The molecule has 0 bridgehead atoms. The van der Waals surface area contributed by atoms with Gasteiger partial charge in [-0.15, -0.1) is 0 Å². The van der Waals surface area contributed by atoms with Crippen LogP contribution in [-0.4, -0.2) is 26.7 Å². The summed E-state index contributed by atoms with van der Waals surface area (Å²) in [5.74, 6) is 0.899. The number of nitrogens with one attached hydrogen (secondary N) is 2.